The van der Waals surface area contributed by atoms with Crippen LogP contribution in [0.5, 0.6) is 0 Å². The molecule has 0 saturated carbocycles. The second-order valence-electron chi connectivity index (χ2n) is 5.57. The molecule has 0 bridgehead atoms. The molecule has 1 unspecified atom stereocenters. The molecule has 5 nitrogen and oxygen atoms in total. The van der Waals surface area contributed by atoms with Gasteiger partial charge in [0.2, 0.25) is 5.91 Å². The molecule has 1 atom stereocenters. The summed E-state index contributed by atoms with van der Waals surface area (Å²) in [4.78, 5) is 23.5. The average molecular weight is 354 g/mol. The van der Waals surface area contributed by atoms with Gasteiger partial charge >= 0.3 is 0 Å². The molecule has 0 aliphatic heterocycles. The van der Waals surface area contributed by atoms with E-state index in [0.717, 1.165) is 5.56 Å². The molecule has 2 aromatic rings. The van der Waals surface area contributed by atoms with Crippen LogP contribution in [0.25, 0.3) is 0 Å². The van der Waals surface area contributed by atoms with Crippen LogP contribution in [0.1, 0.15) is 41.7 Å². The van der Waals surface area contributed by atoms with Crippen LogP contribution in [0, 0.1) is 25.2 Å². The van der Waals surface area contributed by atoms with Crippen molar-refractivity contribution in [1.82, 2.24) is 14.9 Å². The Labute approximate surface area is 153 Å². The molecular formula is C19H22N4OS. The minimum Gasteiger partial charge on any atom is -0.342 e. The highest BCUT2D eigenvalue weighted by Gasteiger charge is 2.27. The van der Waals surface area contributed by atoms with Gasteiger partial charge in [0, 0.05) is 13.1 Å². The van der Waals surface area contributed by atoms with Crippen LogP contribution in [0.2, 0.25) is 0 Å². The molecule has 130 valence electrons. The zero-order valence-electron chi connectivity index (χ0n) is 15.0. The molecule has 0 spiro atoms. The third-order valence-electron chi connectivity index (χ3n) is 3.91. The Morgan fingerprint density at radius 1 is 1.20 bits per heavy atom. The van der Waals surface area contributed by atoms with Gasteiger partial charge in [-0.2, -0.15) is 5.26 Å². The van der Waals surface area contributed by atoms with E-state index in [1.807, 2.05) is 44.2 Å². The largest absolute Gasteiger partial charge is 0.342 e. The maximum atomic E-state index is 13.1. The number of nitrogens with zero attached hydrogens (tertiary/aromatic N) is 4. The highest BCUT2D eigenvalue weighted by atomic mass is 32.2. The van der Waals surface area contributed by atoms with Gasteiger partial charge in [-0.1, -0.05) is 42.1 Å². The second-order valence-corrected chi connectivity index (χ2v) is 6.66. The fourth-order valence-corrected chi connectivity index (χ4v) is 3.86. The van der Waals surface area contributed by atoms with Gasteiger partial charge in [0.1, 0.15) is 27.7 Å². The molecule has 0 aliphatic rings. The number of aryl methyl sites for hydroxylation is 2. The molecule has 0 aliphatic carbocycles. The van der Waals surface area contributed by atoms with Crippen molar-refractivity contribution in [2.24, 2.45) is 0 Å². The van der Waals surface area contributed by atoms with E-state index in [4.69, 9.17) is 0 Å². The minimum absolute atomic E-state index is 0.0269. The van der Waals surface area contributed by atoms with Crippen LogP contribution in [0.3, 0.4) is 0 Å². The van der Waals surface area contributed by atoms with Gasteiger partial charge in [-0.15, -0.1) is 0 Å². The van der Waals surface area contributed by atoms with Gasteiger partial charge < -0.3 is 4.90 Å². The molecule has 6 heteroatoms. The third-order valence-corrected chi connectivity index (χ3v) is 5.14. The number of nitriles is 1. The van der Waals surface area contributed by atoms with Gasteiger partial charge in [0.25, 0.3) is 0 Å². The monoisotopic (exact) mass is 354 g/mol. The van der Waals surface area contributed by atoms with Crippen molar-refractivity contribution in [3.63, 3.8) is 0 Å². The van der Waals surface area contributed by atoms with Gasteiger partial charge in [-0.05, 0) is 33.3 Å². The predicted molar refractivity (Wildman–Crippen MR) is 99.2 cm³/mol. The lowest BCUT2D eigenvalue weighted by Crippen LogP contribution is -2.34. The van der Waals surface area contributed by atoms with Crippen molar-refractivity contribution in [3.05, 3.63) is 53.0 Å². The molecule has 0 N–H and O–H groups in total. The number of benzene rings is 1. The van der Waals surface area contributed by atoms with Crippen LogP contribution in [-0.4, -0.2) is 33.9 Å². The SMILES string of the molecule is CCN(CC)C(=O)C(Sc1nc(C)nc(C)c1C#N)c1ccccc1. The maximum Gasteiger partial charge on any atom is 0.240 e. The predicted octanol–water partition coefficient (Wildman–Crippen LogP) is 3.67. The smallest absolute Gasteiger partial charge is 0.240 e. The number of carbonyl (C=O) groups excluding carboxylic acids is 1. The number of thioether (sulfide) groups is 1. The van der Waals surface area contributed by atoms with Gasteiger partial charge in [0.05, 0.1) is 5.69 Å². The number of aromatic nitrogens is 2. The Kier molecular flexibility index (Phi) is 6.54. The topological polar surface area (TPSA) is 69.9 Å². The molecular weight excluding hydrogens is 332 g/mol. The van der Waals surface area contributed by atoms with Crippen molar-refractivity contribution in [2.75, 3.05) is 13.1 Å². The number of rotatable bonds is 6. The van der Waals surface area contributed by atoms with E-state index in [1.165, 1.54) is 11.8 Å². The Morgan fingerprint density at radius 3 is 2.40 bits per heavy atom. The van der Waals surface area contributed by atoms with Gasteiger partial charge in [0.15, 0.2) is 0 Å². The molecule has 1 amide bonds. The summed E-state index contributed by atoms with van der Waals surface area (Å²) in [6, 6.07) is 11.8. The molecule has 1 aromatic carbocycles. The lowest BCUT2D eigenvalue weighted by molar-refractivity contribution is -0.130. The van der Waals surface area contributed by atoms with Gasteiger partial charge in [-0.25, -0.2) is 9.97 Å². The van der Waals surface area contributed by atoms with E-state index >= 15 is 0 Å². The number of hydrogen-bond acceptors (Lipinski definition) is 5. The second kappa shape index (κ2) is 8.63. The Bertz CT molecular complexity index is 782. The zero-order valence-corrected chi connectivity index (χ0v) is 15.8. The first-order valence-electron chi connectivity index (χ1n) is 8.27. The van der Waals surface area contributed by atoms with Gasteiger partial charge in [-0.3, -0.25) is 4.79 Å². The minimum atomic E-state index is -0.443. The maximum absolute atomic E-state index is 13.1. The van der Waals surface area contributed by atoms with Crippen LogP contribution in [0.4, 0.5) is 0 Å². The zero-order chi connectivity index (χ0) is 18.4. The molecule has 0 saturated heterocycles. The summed E-state index contributed by atoms with van der Waals surface area (Å²) in [5.74, 6) is 0.625. The number of likely N-dealkylation sites (N-methyl/N-ethyl adjacent to an activating group) is 1. The summed E-state index contributed by atoms with van der Waals surface area (Å²) in [7, 11) is 0. The summed E-state index contributed by atoms with van der Waals surface area (Å²) < 4.78 is 0. The van der Waals surface area contributed by atoms with E-state index < -0.39 is 5.25 Å². The van der Waals surface area contributed by atoms with Crippen molar-refractivity contribution < 1.29 is 4.79 Å². The summed E-state index contributed by atoms with van der Waals surface area (Å²) in [5, 5.41) is 9.59. The third kappa shape index (κ3) is 4.37. The fourth-order valence-electron chi connectivity index (χ4n) is 2.60. The van der Waals surface area contributed by atoms with E-state index in [0.29, 0.717) is 35.2 Å². The Balaban J connectivity index is 2.48. The Morgan fingerprint density at radius 2 is 1.84 bits per heavy atom. The van der Waals surface area contributed by atoms with E-state index in [-0.39, 0.29) is 5.91 Å². The van der Waals surface area contributed by atoms with E-state index in [9.17, 15) is 10.1 Å². The van der Waals surface area contributed by atoms with Crippen molar-refractivity contribution in [3.8, 4) is 6.07 Å². The van der Waals surface area contributed by atoms with Crippen molar-refractivity contribution >= 4 is 17.7 Å². The molecule has 0 radical (unpaired) electrons. The number of hydrogen-bond donors (Lipinski definition) is 0. The Hall–Kier alpha value is -2.39. The van der Waals surface area contributed by atoms with Crippen LogP contribution < -0.4 is 0 Å². The van der Waals surface area contributed by atoms with Crippen molar-refractivity contribution in [2.45, 2.75) is 38.0 Å². The first kappa shape index (κ1) is 18.9. The summed E-state index contributed by atoms with van der Waals surface area (Å²) >= 11 is 1.32. The molecule has 25 heavy (non-hydrogen) atoms. The number of carbonyl (C=O) groups is 1. The lowest BCUT2D eigenvalue weighted by Gasteiger charge is -2.25. The summed E-state index contributed by atoms with van der Waals surface area (Å²) in [5.41, 5.74) is 1.98. The molecule has 1 aromatic heterocycles. The summed E-state index contributed by atoms with van der Waals surface area (Å²) in [6.45, 7) is 8.81. The van der Waals surface area contributed by atoms with E-state index in [1.54, 1.807) is 18.7 Å². The lowest BCUT2D eigenvalue weighted by atomic mass is 10.1. The standard InChI is InChI=1S/C19H22N4OS/c1-5-23(6-2)19(24)17(15-10-8-7-9-11-15)25-18-16(12-20)13(3)21-14(4)22-18/h7-11,17H,5-6H2,1-4H3. The first-order valence-corrected chi connectivity index (χ1v) is 9.15. The molecule has 0 fully saturated rings. The molecule has 2 rings (SSSR count). The average Bonchev–Trinajstić information content (AvgIpc) is 2.61. The summed E-state index contributed by atoms with van der Waals surface area (Å²) in [6.07, 6.45) is 0. The molecule has 1 heterocycles. The van der Waals surface area contributed by atoms with Crippen LogP contribution >= 0.6 is 11.8 Å². The number of amides is 1. The quantitative estimate of drug-likeness (QED) is 0.585. The van der Waals surface area contributed by atoms with Crippen LogP contribution in [-0.2, 0) is 4.79 Å². The van der Waals surface area contributed by atoms with E-state index in [2.05, 4.69) is 16.0 Å². The normalized spacial score (nSPS) is 11.6. The fraction of sp³-hybridized carbons (Fsp3) is 0.368. The highest BCUT2D eigenvalue weighted by Crippen LogP contribution is 2.37. The van der Waals surface area contributed by atoms with Crippen molar-refractivity contribution in [1.29, 1.82) is 5.26 Å². The van der Waals surface area contributed by atoms with Crippen LogP contribution in [0.15, 0.2) is 35.4 Å². The highest BCUT2D eigenvalue weighted by molar-refractivity contribution is 8.00. The first-order chi connectivity index (χ1) is 12.0.